The summed E-state index contributed by atoms with van der Waals surface area (Å²) in [7, 11) is 0. The molecule has 1 aromatic rings. The van der Waals surface area contributed by atoms with Gasteiger partial charge in [0, 0.05) is 18.8 Å². The SMILES string of the molecule is Cc1cc(C)n(CC(C)CNC(=O)CC2(O)CCCCC2)n1. The third-order valence-electron chi connectivity index (χ3n) is 4.51. The highest BCUT2D eigenvalue weighted by molar-refractivity contribution is 5.77. The molecule has 0 aromatic carbocycles. The zero-order valence-electron chi connectivity index (χ0n) is 14.1. The third kappa shape index (κ3) is 4.83. The van der Waals surface area contributed by atoms with Gasteiger partial charge in [-0.05, 0) is 38.7 Å². The summed E-state index contributed by atoms with van der Waals surface area (Å²) in [6.07, 6.45) is 4.96. The quantitative estimate of drug-likeness (QED) is 0.847. The van der Waals surface area contributed by atoms with Crippen LogP contribution in [0.5, 0.6) is 0 Å². The maximum atomic E-state index is 12.1. The molecule has 1 aliphatic carbocycles. The summed E-state index contributed by atoms with van der Waals surface area (Å²) in [6.45, 7) is 7.55. The number of rotatable bonds is 6. The highest BCUT2D eigenvalue weighted by Crippen LogP contribution is 2.30. The normalized spacial score (nSPS) is 18.9. The Labute approximate surface area is 133 Å². The van der Waals surface area contributed by atoms with E-state index >= 15 is 0 Å². The van der Waals surface area contributed by atoms with Crippen molar-refractivity contribution < 1.29 is 9.90 Å². The van der Waals surface area contributed by atoms with Gasteiger partial charge in [-0.25, -0.2) is 0 Å². The second kappa shape index (κ2) is 7.27. The molecule has 0 aliphatic heterocycles. The fourth-order valence-electron chi connectivity index (χ4n) is 3.26. The van der Waals surface area contributed by atoms with Crippen molar-refractivity contribution in [1.82, 2.24) is 15.1 Å². The van der Waals surface area contributed by atoms with Gasteiger partial charge in [0.15, 0.2) is 0 Å². The van der Waals surface area contributed by atoms with Gasteiger partial charge >= 0.3 is 0 Å². The fraction of sp³-hybridized carbons (Fsp3) is 0.765. The molecule has 124 valence electrons. The summed E-state index contributed by atoms with van der Waals surface area (Å²) in [4.78, 5) is 12.1. The molecule has 5 heteroatoms. The molecule has 0 bridgehead atoms. The number of aromatic nitrogens is 2. The maximum absolute atomic E-state index is 12.1. The third-order valence-corrected chi connectivity index (χ3v) is 4.51. The van der Waals surface area contributed by atoms with Crippen molar-refractivity contribution in [2.75, 3.05) is 6.54 Å². The minimum atomic E-state index is -0.777. The second-order valence-electron chi connectivity index (χ2n) is 6.98. The van der Waals surface area contributed by atoms with E-state index in [0.717, 1.165) is 43.6 Å². The molecular formula is C17H29N3O2. The lowest BCUT2D eigenvalue weighted by molar-refractivity contribution is -0.127. The predicted molar refractivity (Wildman–Crippen MR) is 86.5 cm³/mol. The van der Waals surface area contributed by atoms with Crippen LogP contribution in [0.2, 0.25) is 0 Å². The number of nitrogens with one attached hydrogen (secondary N) is 1. The van der Waals surface area contributed by atoms with Gasteiger partial charge in [0.05, 0.1) is 17.7 Å². The first-order chi connectivity index (χ1) is 10.4. The predicted octanol–water partition coefficient (Wildman–Crippen LogP) is 2.34. The first kappa shape index (κ1) is 17.0. The lowest BCUT2D eigenvalue weighted by Crippen LogP contribution is -2.39. The number of nitrogens with zero attached hydrogens (tertiary/aromatic N) is 2. The lowest BCUT2D eigenvalue weighted by atomic mass is 9.82. The first-order valence-electron chi connectivity index (χ1n) is 8.38. The van der Waals surface area contributed by atoms with Gasteiger partial charge in [-0.2, -0.15) is 5.10 Å². The van der Waals surface area contributed by atoms with Crippen molar-refractivity contribution in [1.29, 1.82) is 0 Å². The van der Waals surface area contributed by atoms with E-state index in [1.807, 2.05) is 18.5 Å². The zero-order chi connectivity index (χ0) is 16.2. The van der Waals surface area contributed by atoms with E-state index in [1.54, 1.807) is 0 Å². The number of amides is 1. The molecule has 1 unspecified atom stereocenters. The van der Waals surface area contributed by atoms with Gasteiger partial charge in [-0.15, -0.1) is 0 Å². The smallest absolute Gasteiger partial charge is 0.222 e. The van der Waals surface area contributed by atoms with Crippen molar-refractivity contribution in [3.05, 3.63) is 17.5 Å². The van der Waals surface area contributed by atoms with E-state index in [-0.39, 0.29) is 12.3 Å². The number of aryl methyl sites for hydroxylation is 2. The highest BCUT2D eigenvalue weighted by Gasteiger charge is 2.31. The van der Waals surface area contributed by atoms with Gasteiger partial charge in [0.1, 0.15) is 0 Å². The fourth-order valence-corrected chi connectivity index (χ4v) is 3.26. The Morgan fingerprint density at radius 3 is 2.68 bits per heavy atom. The number of aliphatic hydroxyl groups is 1. The molecule has 1 atom stereocenters. The topological polar surface area (TPSA) is 67.2 Å². The summed E-state index contributed by atoms with van der Waals surface area (Å²) in [6, 6.07) is 2.06. The second-order valence-corrected chi connectivity index (χ2v) is 6.98. The van der Waals surface area contributed by atoms with E-state index < -0.39 is 5.60 Å². The Bertz CT molecular complexity index is 504. The molecule has 1 saturated carbocycles. The van der Waals surface area contributed by atoms with E-state index in [9.17, 15) is 9.90 Å². The Kier molecular flexibility index (Phi) is 5.62. The van der Waals surface area contributed by atoms with Crippen LogP contribution in [0.25, 0.3) is 0 Å². The zero-order valence-corrected chi connectivity index (χ0v) is 14.1. The van der Waals surface area contributed by atoms with Gasteiger partial charge in [0.2, 0.25) is 5.91 Å². The molecule has 1 aliphatic rings. The van der Waals surface area contributed by atoms with E-state index in [1.165, 1.54) is 6.42 Å². The van der Waals surface area contributed by atoms with Crippen molar-refractivity contribution in [3.8, 4) is 0 Å². The summed E-state index contributed by atoms with van der Waals surface area (Å²) in [5.41, 5.74) is 1.39. The average Bonchev–Trinajstić information content (AvgIpc) is 2.75. The largest absolute Gasteiger partial charge is 0.389 e. The molecule has 1 fully saturated rings. The Morgan fingerprint density at radius 2 is 2.09 bits per heavy atom. The van der Waals surface area contributed by atoms with Crippen LogP contribution in [0.4, 0.5) is 0 Å². The molecule has 1 amide bonds. The van der Waals surface area contributed by atoms with Gasteiger partial charge < -0.3 is 10.4 Å². The Hall–Kier alpha value is -1.36. The van der Waals surface area contributed by atoms with Crippen LogP contribution < -0.4 is 5.32 Å². The van der Waals surface area contributed by atoms with E-state index in [4.69, 9.17) is 0 Å². The van der Waals surface area contributed by atoms with Crippen LogP contribution in [0.15, 0.2) is 6.07 Å². The standard InChI is InChI=1S/C17H29N3O2/c1-13(12-20-15(3)9-14(2)19-20)11-18-16(21)10-17(22)7-5-4-6-8-17/h9,13,22H,4-8,10-12H2,1-3H3,(H,18,21). The molecule has 0 radical (unpaired) electrons. The van der Waals surface area contributed by atoms with Gasteiger partial charge in [-0.3, -0.25) is 9.48 Å². The molecule has 5 nitrogen and oxygen atoms in total. The summed E-state index contributed by atoms with van der Waals surface area (Å²) >= 11 is 0. The monoisotopic (exact) mass is 307 g/mol. The minimum absolute atomic E-state index is 0.0374. The molecule has 1 aromatic heterocycles. The number of hydrogen-bond donors (Lipinski definition) is 2. The highest BCUT2D eigenvalue weighted by atomic mass is 16.3. The molecule has 22 heavy (non-hydrogen) atoms. The summed E-state index contributed by atoms with van der Waals surface area (Å²) in [5, 5.41) is 17.8. The molecule has 1 heterocycles. The first-order valence-corrected chi connectivity index (χ1v) is 8.38. The Balaban J connectivity index is 1.74. The number of carbonyl (C=O) groups excluding carboxylic acids is 1. The van der Waals surface area contributed by atoms with Crippen LogP contribution in [0.3, 0.4) is 0 Å². The van der Waals surface area contributed by atoms with Crippen molar-refractivity contribution in [2.24, 2.45) is 5.92 Å². The van der Waals surface area contributed by atoms with Crippen LogP contribution in [0.1, 0.15) is 56.8 Å². The number of hydrogen-bond acceptors (Lipinski definition) is 3. The van der Waals surface area contributed by atoms with Crippen LogP contribution in [-0.2, 0) is 11.3 Å². The van der Waals surface area contributed by atoms with Crippen molar-refractivity contribution >= 4 is 5.91 Å². The van der Waals surface area contributed by atoms with E-state index in [2.05, 4.69) is 23.4 Å². The summed E-state index contributed by atoms with van der Waals surface area (Å²) in [5.74, 6) is 0.271. The molecular weight excluding hydrogens is 278 g/mol. The average molecular weight is 307 g/mol. The van der Waals surface area contributed by atoms with Crippen molar-refractivity contribution in [3.63, 3.8) is 0 Å². The van der Waals surface area contributed by atoms with Crippen LogP contribution in [0, 0.1) is 19.8 Å². The van der Waals surface area contributed by atoms with Crippen LogP contribution >= 0.6 is 0 Å². The minimum Gasteiger partial charge on any atom is -0.389 e. The molecule has 0 spiro atoms. The lowest BCUT2D eigenvalue weighted by Gasteiger charge is -2.31. The Morgan fingerprint density at radius 1 is 1.41 bits per heavy atom. The van der Waals surface area contributed by atoms with Crippen molar-refractivity contribution in [2.45, 2.75) is 71.4 Å². The summed E-state index contributed by atoms with van der Waals surface area (Å²) < 4.78 is 1.99. The van der Waals surface area contributed by atoms with E-state index in [0.29, 0.717) is 12.5 Å². The van der Waals surface area contributed by atoms with Gasteiger partial charge in [0.25, 0.3) is 0 Å². The maximum Gasteiger partial charge on any atom is 0.222 e. The van der Waals surface area contributed by atoms with Crippen LogP contribution in [-0.4, -0.2) is 32.9 Å². The number of carbonyl (C=O) groups is 1. The molecule has 2 rings (SSSR count). The molecule has 0 saturated heterocycles. The van der Waals surface area contributed by atoms with Gasteiger partial charge in [-0.1, -0.05) is 26.2 Å². The molecule has 2 N–H and O–H groups in total.